The zero-order chi connectivity index (χ0) is 21.5. The maximum atomic E-state index is 15.3. The third kappa shape index (κ3) is 3.73. The molecule has 3 aromatic rings. The molecule has 0 atom stereocenters. The van der Waals surface area contributed by atoms with Crippen molar-refractivity contribution in [3.8, 4) is 22.3 Å². The van der Waals surface area contributed by atoms with E-state index in [9.17, 15) is 17.6 Å². The Kier molecular flexibility index (Phi) is 5.39. The molecule has 1 aliphatic rings. The van der Waals surface area contributed by atoms with Gasteiger partial charge in [-0.2, -0.15) is 13.2 Å². The van der Waals surface area contributed by atoms with Crippen LogP contribution in [0.3, 0.4) is 0 Å². The van der Waals surface area contributed by atoms with Crippen LogP contribution in [0.25, 0.3) is 22.3 Å². The van der Waals surface area contributed by atoms with Gasteiger partial charge in [0, 0.05) is 0 Å². The van der Waals surface area contributed by atoms with Crippen molar-refractivity contribution in [3.05, 3.63) is 82.4 Å². The highest BCUT2D eigenvalue weighted by atomic mass is 19.4. The van der Waals surface area contributed by atoms with E-state index in [1.807, 2.05) is 12.1 Å². The number of hydrogen-bond donors (Lipinski definition) is 0. The van der Waals surface area contributed by atoms with Crippen LogP contribution < -0.4 is 0 Å². The van der Waals surface area contributed by atoms with E-state index in [0.29, 0.717) is 24.0 Å². The molecule has 0 bridgehead atoms. The summed E-state index contributed by atoms with van der Waals surface area (Å²) in [6.07, 6.45) is -0.244. The molecule has 0 unspecified atom stereocenters. The van der Waals surface area contributed by atoms with Gasteiger partial charge in [-0.25, -0.2) is 8.78 Å². The van der Waals surface area contributed by atoms with Crippen LogP contribution in [0.1, 0.15) is 42.0 Å². The van der Waals surface area contributed by atoms with Gasteiger partial charge in [0.2, 0.25) is 0 Å². The Morgan fingerprint density at radius 1 is 0.867 bits per heavy atom. The summed E-state index contributed by atoms with van der Waals surface area (Å²) in [7, 11) is 0. The summed E-state index contributed by atoms with van der Waals surface area (Å²) in [6, 6.07) is 11.3. The van der Waals surface area contributed by atoms with Crippen LogP contribution in [0.2, 0.25) is 0 Å². The second kappa shape index (κ2) is 7.86. The molecule has 0 spiro atoms. The minimum Gasteiger partial charge on any atom is -0.206 e. The summed E-state index contributed by atoms with van der Waals surface area (Å²) in [5, 5.41) is 0. The first kappa shape index (κ1) is 20.6. The van der Waals surface area contributed by atoms with Gasteiger partial charge in [-0.3, -0.25) is 0 Å². The number of unbranched alkanes of at least 4 members (excludes halogenated alkanes) is 1. The van der Waals surface area contributed by atoms with Crippen molar-refractivity contribution in [1.29, 1.82) is 0 Å². The quantitative estimate of drug-likeness (QED) is 0.381. The van der Waals surface area contributed by atoms with E-state index in [4.69, 9.17) is 0 Å². The number of benzene rings is 3. The fourth-order valence-corrected chi connectivity index (χ4v) is 4.15. The third-order valence-electron chi connectivity index (χ3n) is 5.74. The monoisotopic (exact) mass is 416 g/mol. The highest BCUT2D eigenvalue weighted by molar-refractivity contribution is 5.78. The van der Waals surface area contributed by atoms with Gasteiger partial charge in [0.1, 0.15) is 11.6 Å². The van der Waals surface area contributed by atoms with Gasteiger partial charge < -0.3 is 0 Å². The molecule has 0 saturated heterocycles. The average Bonchev–Trinajstić information content (AvgIpc) is 2.71. The number of fused-ring (bicyclic) bond motifs is 3. The van der Waals surface area contributed by atoms with Gasteiger partial charge >= 0.3 is 6.18 Å². The highest BCUT2D eigenvalue weighted by Crippen LogP contribution is 2.41. The topological polar surface area (TPSA) is 0 Å². The molecule has 0 N–H and O–H groups in total. The molecule has 0 fully saturated rings. The van der Waals surface area contributed by atoms with Gasteiger partial charge in [0.25, 0.3) is 0 Å². The van der Waals surface area contributed by atoms with Gasteiger partial charge in [0.05, 0.1) is 11.1 Å². The maximum absolute atomic E-state index is 15.3. The molecule has 0 nitrogen and oxygen atoms in total. The molecule has 0 saturated carbocycles. The molecule has 0 aromatic heterocycles. The lowest BCUT2D eigenvalue weighted by molar-refractivity contribution is -0.137. The molecule has 0 radical (unpaired) electrons. The summed E-state index contributed by atoms with van der Waals surface area (Å²) >= 11 is 0. The van der Waals surface area contributed by atoms with E-state index < -0.39 is 23.4 Å². The van der Waals surface area contributed by atoms with Gasteiger partial charge in [0.15, 0.2) is 0 Å². The van der Waals surface area contributed by atoms with Crippen molar-refractivity contribution in [1.82, 2.24) is 0 Å². The minimum atomic E-state index is -4.49. The predicted octanol–water partition coefficient (Wildman–Crippen LogP) is 7.76. The van der Waals surface area contributed by atoms with Gasteiger partial charge in [-0.1, -0.05) is 43.7 Å². The molecule has 30 heavy (non-hydrogen) atoms. The Bertz CT molecular complexity index is 1080. The number of rotatable bonds is 4. The smallest absolute Gasteiger partial charge is 0.206 e. The highest BCUT2D eigenvalue weighted by Gasteiger charge is 2.31. The fourth-order valence-electron chi connectivity index (χ4n) is 4.15. The SMILES string of the molecule is CCCCc1ccc2c(c1)CCc1c-2cc(F)c(-c2ccc(C(F)(F)F)cc2)c1F. The molecule has 156 valence electrons. The standard InChI is InChI=1S/C25H21F5/c1-2-3-4-15-5-11-19-17(13-15)8-12-20-21(19)14-22(26)23(24(20)27)16-6-9-18(10-7-16)25(28,29)30/h5-7,9-11,13-14H,2-4,8,12H2,1H3. The maximum Gasteiger partial charge on any atom is 0.416 e. The third-order valence-corrected chi connectivity index (χ3v) is 5.74. The van der Waals surface area contributed by atoms with Crippen LogP contribution in [0.5, 0.6) is 0 Å². The molecule has 4 rings (SSSR count). The van der Waals surface area contributed by atoms with Gasteiger partial charge in [-0.15, -0.1) is 0 Å². The summed E-state index contributed by atoms with van der Waals surface area (Å²) in [6.45, 7) is 2.13. The van der Waals surface area contributed by atoms with Crippen LogP contribution in [0, 0.1) is 11.6 Å². The second-order valence-electron chi connectivity index (χ2n) is 7.74. The van der Waals surface area contributed by atoms with E-state index in [2.05, 4.69) is 13.0 Å². The summed E-state index contributed by atoms with van der Waals surface area (Å²) in [4.78, 5) is 0. The molecular formula is C25H21F5. The van der Waals surface area contributed by atoms with E-state index in [-0.39, 0.29) is 11.1 Å². The zero-order valence-corrected chi connectivity index (χ0v) is 16.5. The fraction of sp³-hybridized carbons (Fsp3) is 0.280. The largest absolute Gasteiger partial charge is 0.416 e. The average molecular weight is 416 g/mol. The van der Waals surface area contributed by atoms with Crippen molar-refractivity contribution in [2.45, 2.75) is 45.2 Å². The van der Waals surface area contributed by atoms with E-state index in [1.54, 1.807) is 0 Å². The first-order valence-corrected chi connectivity index (χ1v) is 10.1. The second-order valence-corrected chi connectivity index (χ2v) is 7.74. The lowest BCUT2D eigenvalue weighted by Crippen LogP contribution is -2.09. The molecule has 1 aliphatic carbocycles. The van der Waals surface area contributed by atoms with Crippen molar-refractivity contribution in [3.63, 3.8) is 0 Å². The van der Waals surface area contributed by atoms with Crippen LogP contribution in [0.4, 0.5) is 22.0 Å². The summed E-state index contributed by atoms with van der Waals surface area (Å²) in [5.41, 5.74) is 3.06. The predicted molar refractivity (Wildman–Crippen MR) is 108 cm³/mol. The molecule has 0 heterocycles. The summed E-state index contributed by atoms with van der Waals surface area (Å²) < 4.78 is 68.6. The minimum absolute atomic E-state index is 0.0986. The zero-order valence-electron chi connectivity index (χ0n) is 16.5. The number of aryl methyl sites for hydroxylation is 2. The Labute approximate surface area is 172 Å². The van der Waals surface area contributed by atoms with Crippen molar-refractivity contribution < 1.29 is 22.0 Å². The number of alkyl halides is 3. The van der Waals surface area contributed by atoms with Crippen molar-refractivity contribution in [2.75, 3.05) is 0 Å². The molecule has 0 amide bonds. The first-order chi connectivity index (χ1) is 14.3. The molecule has 5 heteroatoms. The Balaban J connectivity index is 1.75. The number of hydrogen-bond acceptors (Lipinski definition) is 0. The first-order valence-electron chi connectivity index (χ1n) is 10.1. The van der Waals surface area contributed by atoms with Crippen molar-refractivity contribution in [2.24, 2.45) is 0 Å². The lowest BCUT2D eigenvalue weighted by atomic mass is 9.82. The van der Waals surface area contributed by atoms with E-state index >= 15 is 4.39 Å². The Hall–Kier alpha value is -2.69. The van der Waals surface area contributed by atoms with E-state index in [0.717, 1.165) is 54.7 Å². The Morgan fingerprint density at radius 2 is 1.60 bits per heavy atom. The number of halogens is 5. The Morgan fingerprint density at radius 3 is 2.27 bits per heavy atom. The summed E-state index contributed by atoms with van der Waals surface area (Å²) in [5.74, 6) is -1.46. The van der Waals surface area contributed by atoms with Crippen LogP contribution in [-0.2, 0) is 25.4 Å². The van der Waals surface area contributed by atoms with Crippen molar-refractivity contribution >= 4 is 0 Å². The lowest BCUT2D eigenvalue weighted by Gasteiger charge is -2.23. The van der Waals surface area contributed by atoms with Crippen LogP contribution >= 0.6 is 0 Å². The molecule has 3 aromatic carbocycles. The van der Waals surface area contributed by atoms with Gasteiger partial charge in [-0.05, 0) is 77.3 Å². The normalized spacial score (nSPS) is 13.1. The molecular weight excluding hydrogens is 395 g/mol. The van der Waals surface area contributed by atoms with Crippen LogP contribution in [-0.4, -0.2) is 0 Å². The van der Waals surface area contributed by atoms with E-state index in [1.165, 1.54) is 11.6 Å². The molecule has 0 aliphatic heterocycles. The van der Waals surface area contributed by atoms with Crippen LogP contribution in [0.15, 0.2) is 48.5 Å².